The van der Waals surface area contributed by atoms with Crippen LogP contribution in [0.1, 0.15) is 28.5 Å². The highest BCUT2D eigenvalue weighted by molar-refractivity contribution is 7.98. The summed E-state index contributed by atoms with van der Waals surface area (Å²) in [5, 5.41) is 8.00. The molecule has 1 aliphatic rings. The molecule has 0 fully saturated rings. The zero-order valence-electron chi connectivity index (χ0n) is 21.0. The van der Waals surface area contributed by atoms with Crippen molar-refractivity contribution in [3.8, 4) is 11.5 Å². The van der Waals surface area contributed by atoms with Gasteiger partial charge in [0.25, 0.3) is 5.91 Å². The third-order valence-corrected chi connectivity index (χ3v) is 6.49. The molecule has 1 aliphatic heterocycles. The molecular weight excluding hydrogens is 504 g/mol. The van der Waals surface area contributed by atoms with Gasteiger partial charge in [0, 0.05) is 36.8 Å². The van der Waals surface area contributed by atoms with Crippen molar-refractivity contribution in [1.82, 2.24) is 19.7 Å². The Labute approximate surface area is 224 Å². The predicted molar refractivity (Wildman–Crippen MR) is 144 cm³/mol. The Balaban J connectivity index is 1.42. The van der Waals surface area contributed by atoms with E-state index in [4.69, 9.17) is 9.47 Å². The van der Waals surface area contributed by atoms with Crippen LogP contribution in [-0.2, 0) is 17.7 Å². The van der Waals surface area contributed by atoms with Crippen molar-refractivity contribution in [3.05, 3.63) is 83.7 Å². The fourth-order valence-corrected chi connectivity index (χ4v) is 4.51. The van der Waals surface area contributed by atoms with E-state index < -0.39 is 6.09 Å². The normalized spacial score (nSPS) is 12.5. The minimum Gasteiger partial charge on any atom is -0.457 e. The molecule has 0 saturated carbocycles. The van der Waals surface area contributed by atoms with E-state index in [0.29, 0.717) is 53.2 Å². The second-order valence-electron chi connectivity index (χ2n) is 8.35. The summed E-state index contributed by atoms with van der Waals surface area (Å²) < 4.78 is 12.3. The number of fused-ring (bicyclic) bond motifs is 1. The highest BCUT2D eigenvalue weighted by Crippen LogP contribution is 2.30. The van der Waals surface area contributed by atoms with E-state index in [2.05, 4.69) is 25.3 Å². The molecule has 0 radical (unpaired) electrons. The molecule has 0 bridgehead atoms. The molecule has 0 unspecified atom stereocenters. The number of amides is 1. The topological polar surface area (TPSA) is 111 Å². The maximum absolute atomic E-state index is 13.3. The maximum atomic E-state index is 13.3. The fourth-order valence-electron chi connectivity index (χ4n) is 4.16. The van der Waals surface area contributed by atoms with Gasteiger partial charge in [0.15, 0.2) is 11.0 Å². The number of thioether (sulfide) groups is 1. The van der Waals surface area contributed by atoms with Gasteiger partial charge in [0.05, 0.1) is 12.3 Å². The van der Waals surface area contributed by atoms with Crippen LogP contribution in [0.25, 0.3) is 0 Å². The summed E-state index contributed by atoms with van der Waals surface area (Å²) >= 11 is 1.46. The van der Waals surface area contributed by atoms with Crippen LogP contribution in [0.5, 0.6) is 11.5 Å². The highest BCUT2D eigenvalue weighted by Gasteiger charge is 2.29. The van der Waals surface area contributed by atoms with Gasteiger partial charge in [-0.05, 0) is 49.6 Å². The highest BCUT2D eigenvalue weighted by atomic mass is 32.2. The summed E-state index contributed by atoms with van der Waals surface area (Å²) in [5.74, 6) is 1.89. The molecule has 1 N–H and O–H groups in total. The van der Waals surface area contributed by atoms with Crippen LogP contribution >= 0.6 is 11.8 Å². The van der Waals surface area contributed by atoms with Gasteiger partial charge >= 0.3 is 6.09 Å². The number of rotatable bonds is 7. The zero-order chi connectivity index (χ0) is 26.5. The number of hydrogen-bond acceptors (Lipinski definition) is 9. The number of carbonyl (C=O) groups is 2. The summed E-state index contributed by atoms with van der Waals surface area (Å²) in [6.07, 6.45) is 3.59. The standard InChI is InChI=1S/C27H26N6O4S/c1-3-36-27(35)33-22-13-15-32(23-12-14-28-26(29-23)38-2)17-21(22)24(31-33)30-25(34)18-8-7-11-20(16-18)37-19-9-5-4-6-10-19/h4-12,14,16H,3,13,15,17H2,1-2H3,(H,30,31,34). The molecule has 0 aliphatic carbocycles. The lowest BCUT2D eigenvalue weighted by atomic mass is 10.1. The van der Waals surface area contributed by atoms with Crippen LogP contribution in [-0.4, -0.2) is 51.2 Å². The number of anilines is 2. The molecule has 1 amide bonds. The van der Waals surface area contributed by atoms with Crippen molar-refractivity contribution in [1.29, 1.82) is 0 Å². The van der Waals surface area contributed by atoms with Gasteiger partial charge in [-0.1, -0.05) is 36.0 Å². The van der Waals surface area contributed by atoms with Crippen molar-refractivity contribution in [2.45, 2.75) is 25.0 Å². The van der Waals surface area contributed by atoms with Crippen molar-refractivity contribution in [2.24, 2.45) is 0 Å². The molecule has 0 spiro atoms. The molecular formula is C27H26N6O4S. The molecule has 0 saturated heterocycles. The first kappa shape index (κ1) is 25.3. The first-order valence-electron chi connectivity index (χ1n) is 12.1. The molecule has 11 heteroatoms. The summed E-state index contributed by atoms with van der Waals surface area (Å²) in [4.78, 5) is 36.8. The molecule has 5 rings (SSSR count). The van der Waals surface area contributed by atoms with Crippen LogP contribution in [0.15, 0.2) is 72.0 Å². The van der Waals surface area contributed by atoms with Gasteiger partial charge in [0.1, 0.15) is 17.3 Å². The molecule has 38 heavy (non-hydrogen) atoms. The molecule has 3 heterocycles. The Kier molecular flexibility index (Phi) is 7.55. The van der Waals surface area contributed by atoms with Gasteiger partial charge in [-0.25, -0.2) is 14.8 Å². The van der Waals surface area contributed by atoms with Gasteiger partial charge in [-0.15, -0.1) is 5.10 Å². The number of carbonyl (C=O) groups excluding carboxylic acids is 2. The van der Waals surface area contributed by atoms with Crippen molar-refractivity contribution < 1.29 is 19.1 Å². The van der Waals surface area contributed by atoms with Crippen molar-refractivity contribution >= 4 is 35.4 Å². The number of aromatic nitrogens is 4. The average molecular weight is 531 g/mol. The number of hydrogen-bond donors (Lipinski definition) is 1. The van der Waals surface area contributed by atoms with Crippen molar-refractivity contribution in [3.63, 3.8) is 0 Å². The molecule has 10 nitrogen and oxygen atoms in total. The summed E-state index contributed by atoms with van der Waals surface area (Å²) in [5.41, 5.74) is 1.83. The lowest BCUT2D eigenvalue weighted by molar-refractivity contribution is 0.102. The quantitative estimate of drug-likeness (QED) is 0.260. The third-order valence-electron chi connectivity index (χ3n) is 5.93. The van der Waals surface area contributed by atoms with E-state index in [0.717, 1.165) is 11.4 Å². The van der Waals surface area contributed by atoms with Gasteiger partial charge in [0.2, 0.25) is 0 Å². The van der Waals surface area contributed by atoms with E-state index in [1.54, 1.807) is 37.4 Å². The van der Waals surface area contributed by atoms with E-state index in [1.165, 1.54) is 16.4 Å². The number of nitrogens with zero attached hydrogens (tertiary/aromatic N) is 5. The van der Waals surface area contributed by atoms with E-state index in [9.17, 15) is 9.59 Å². The van der Waals surface area contributed by atoms with E-state index in [1.807, 2.05) is 42.7 Å². The van der Waals surface area contributed by atoms with E-state index >= 15 is 0 Å². The van der Waals surface area contributed by atoms with Gasteiger partial charge in [-0.2, -0.15) is 4.68 Å². The molecule has 194 valence electrons. The van der Waals surface area contributed by atoms with Gasteiger partial charge < -0.3 is 19.7 Å². The Bertz CT molecular complexity index is 1460. The fraction of sp³-hybridized carbons (Fsp3) is 0.222. The van der Waals surface area contributed by atoms with Crippen LogP contribution in [0.3, 0.4) is 0 Å². The SMILES string of the molecule is CCOC(=O)n1nc(NC(=O)c2cccc(Oc3ccccc3)c2)c2c1CCN(c1ccnc(SC)n1)C2. The number of nitrogens with one attached hydrogen (secondary N) is 1. The Morgan fingerprint density at radius 3 is 2.68 bits per heavy atom. The van der Waals surface area contributed by atoms with Crippen LogP contribution < -0.4 is 15.0 Å². The van der Waals surface area contributed by atoms with Crippen LogP contribution in [0.4, 0.5) is 16.4 Å². The predicted octanol–water partition coefficient (Wildman–Crippen LogP) is 5.01. The minimum absolute atomic E-state index is 0.216. The Hall–Kier alpha value is -4.38. The average Bonchev–Trinajstić information content (AvgIpc) is 3.31. The zero-order valence-corrected chi connectivity index (χ0v) is 21.8. The largest absolute Gasteiger partial charge is 0.457 e. The second kappa shape index (κ2) is 11.3. The molecule has 2 aromatic carbocycles. The Morgan fingerprint density at radius 1 is 1.08 bits per heavy atom. The molecule has 0 atom stereocenters. The van der Waals surface area contributed by atoms with Crippen LogP contribution in [0, 0.1) is 0 Å². The third kappa shape index (κ3) is 5.47. The number of para-hydroxylation sites is 1. The maximum Gasteiger partial charge on any atom is 0.434 e. The summed E-state index contributed by atoms with van der Waals surface area (Å²) in [7, 11) is 0. The summed E-state index contributed by atoms with van der Waals surface area (Å²) in [6, 6.07) is 18.1. The first-order valence-corrected chi connectivity index (χ1v) is 13.3. The lowest BCUT2D eigenvalue weighted by Gasteiger charge is -2.28. The van der Waals surface area contributed by atoms with Gasteiger partial charge in [-0.3, -0.25) is 4.79 Å². The number of benzene rings is 2. The number of ether oxygens (including phenoxy) is 2. The second-order valence-corrected chi connectivity index (χ2v) is 9.13. The smallest absolute Gasteiger partial charge is 0.434 e. The minimum atomic E-state index is -0.581. The van der Waals surface area contributed by atoms with Crippen molar-refractivity contribution in [2.75, 3.05) is 29.6 Å². The lowest BCUT2D eigenvalue weighted by Crippen LogP contribution is -2.33. The first-order chi connectivity index (χ1) is 18.6. The Morgan fingerprint density at radius 2 is 1.89 bits per heavy atom. The van der Waals surface area contributed by atoms with Crippen LogP contribution in [0.2, 0.25) is 0 Å². The molecule has 4 aromatic rings. The summed E-state index contributed by atoms with van der Waals surface area (Å²) in [6.45, 7) is 2.98. The van der Waals surface area contributed by atoms with E-state index in [-0.39, 0.29) is 12.5 Å². The monoisotopic (exact) mass is 530 g/mol. The molecule has 2 aromatic heterocycles.